The fourth-order valence-corrected chi connectivity index (χ4v) is 4.64. The van der Waals surface area contributed by atoms with Gasteiger partial charge in [0.2, 0.25) is 0 Å². The Morgan fingerprint density at radius 1 is 1.40 bits per heavy atom. The highest BCUT2D eigenvalue weighted by molar-refractivity contribution is 9.10. The second-order valence-electron chi connectivity index (χ2n) is 6.48. The zero-order chi connectivity index (χ0) is 18.0. The Morgan fingerprint density at radius 2 is 2.16 bits per heavy atom. The molecule has 2 fully saturated rings. The summed E-state index contributed by atoms with van der Waals surface area (Å²) in [5, 5.41) is 20.1. The first-order valence-electron chi connectivity index (χ1n) is 7.76. The molecule has 1 saturated carbocycles. The first kappa shape index (κ1) is 16.3. The van der Waals surface area contributed by atoms with E-state index in [0.29, 0.717) is 11.3 Å². The van der Waals surface area contributed by atoms with E-state index in [-0.39, 0.29) is 18.5 Å². The summed E-state index contributed by atoms with van der Waals surface area (Å²) in [4.78, 5) is 4.29. The van der Waals surface area contributed by atoms with Gasteiger partial charge >= 0.3 is 0 Å². The quantitative estimate of drug-likeness (QED) is 0.809. The Bertz CT molecular complexity index is 891. The first-order valence-corrected chi connectivity index (χ1v) is 8.55. The van der Waals surface area contributed by atoms with Crippen LogP contribution in [0.3, 0.4) is 0 Å². The third-order valence-corrected chi connectivity index (χ3v) is 5.80. The van der Waals surface area contributed by atoms with Gasteiger partial charge in [0.1, 0.15) is 17.0 Å². The number of nitrogens with zero attached hydrogens (tertiary/aromatic N) is 3. The van der Waals surface area contributed by atoms with E-state index in [2.05, 4.69) is 33.1 Å². The van der Waals surface area contributed by atoms with Crippen LogP contribution in [0.15, 0.2) is 27.7 Å². The summed E-state index contributed by atoms with van der Waals surface area (Å²) in [5.74, 6) is -1.48. The van der Waals surface area contributed by atoms with Crippen molar-refractivity contribution in [3.63, 3.8) is 0 Å². The van der Waals surface area contributed by atoms with Crippen LogP contribution in [0.1, 0.15) is 18.4 Å². The van der Waals surface area contributed by atoms with E-state index in [9.17, 15) is 10.5 Å². The standard InChI is InChI=1S/C17H15BrN4O3/c1-9-6-24-17(25-9)16(8-20)13(15(16,7-19)14(21)22-17)11-5-10(18)3-4-12(11)23-2/h3-5,9,13H,6H2,1-2H3,(H2,21,22)/t9-,13+,15+,16+,17-/m0/s1. The van der Waals surface area contributed by atoms with E-state index in [1.807, 2.05) is 19.1 Å². The van der Waals surface area contributed by atoms with Crippen molar-refractivity contribution in [2.75, 3.05) is 13.7 Å². The number of rotatable bonds is 2. The molecule has 0 bridgehead atoms. The molecule has 128 valence electrons. The van der Waals surface area contributed by atoms with Gasteiger partial charge in [-0.25, -0.2) is 4.99 Å². The summed E-state index contributed by atoms with van der Waals surface area (Å²) in [6.07, 6.45) is -0.248. The number of methoxy groups -OCH3 is 1. The molecule has 1 aromatic rings. The number of ether oxygens (including phenoxy) is 3. The number of halogens is 1. The van der Waals surface area contributed by atoms with E-state index < -0.39 is 22.7 Å². The van der Waals surface area contributed by atoms with Crippen molar-refractivity contribution in [2.24, 2.45) is 21.6 Å². The fraction of sp³-hybridized carbons (Fsp3) is 0.471. The number of aliphatic imine (C=N–C) groups is 1. The van der Waals surface area contributed by atoms with E-state index in [1.54, 1.807) is 13.2 Å². The number of nitriles is 2. The number of nitrogens with two attached hydrogens (primary N) is 1. The van der Waals surface area contributed by atoms with Crippen LogP contribution in [0.2, 0.25) is 0 Å². The van der Waals surface area contributed by atoms with Gasteiger partial charge in [0.15, 0.2) is 5.41 Å². The summed E-state index contributed by atoms with van der Waals surface area (Å²) in [5.41, 5.74) is 4.19. The smallest absolute Gasteiger partial charge is 0.293 e. The van der Waals surface area contributed by atoms with Gasteiger partial charge in [0.25, 0.3) is 5.91 Å². The van der Waals surface area contributed by atoms with Gasteiger partial charge in [0.05, 0.1) is 32.0 Å². The normalized spacial score (nSPS) is 40.9. The van der Waals surface area contributed by atoms with Gasteiger partial charge in [-0.3, -0.25) is 0 Å². The number of fused-ring (bicyclic) bond motifs is 2. The first-order chi connectivity index (χ1) is 11.9. The largest absolute Gasteiger partial charge is 0.496 e. The Morgan fingerprint density at radius 3 is 2.72 bits per heavy atom. The molecule has 2 N–H and O–H groups in total. The van der Waals surface area contributed by atoms with Crippen LogP contribution in [-0.2, 0) is 9.47 Å². The third-order valence-electron chi connectivity index (χ3n) is 5.30. The molecular formula is C17H15BrN4O3. The predicted octanol–water partition coefficient (Wildman–Crippen LogP) is 2.03. The number of benzene rings is 1. The molecule has 25 heavy (non-hydrogen) atoms. The summed E-state index contributed by atoms with van der Waals surface area (Å²) in [6, 6.07) is 9.95. The molecule has 5 atom stereocenters. The summed E-state index contributed by atoms with van der Waals surface area (Å²) in [7, 11) is 1.54. The van der Waals surface area contributed by atoms with Crippen molar-refractivity contribution in [1.82, 2.24) is 0 Å². The van der Waals surface area contributed by atoms with Crippen molar-refractivity contribution < 1.29 is 14.2 Å². The van der Waals surface area contributed by atoms with Crippen LogP contribution < -0.4 is 10.5 Å². The van der Waals surface area contributed by atoms with Crippen LogP contribution in [0, 0.1) is 33.5 Å². The van der Waals surface area contributed by atoms with E-state index in [4.69, 9.17) is 19.9 Å². The summed E-state index contributed by atoms with van der Waals surface area (Å²) in [6.45, 7) is 2.11. The van der Waals surface area contributed by atoms with Crippen molar-refractivity contribution in [3.05, 3.63) is 28.2 Å². The van der Waals surface area contributed by atoms with E-state index >= 15 is 0 Å². The van der Waals surface area contributed by atoms with Crippen molar-refractivity contribution in [2.45, 2.75) is 24.9 Å². The molecule has 3 aliphatic rings. The summed E-state index contributed by atoms with van der Waals surface area (Å²) >= 11 is 3.43. The zero-order valence-corrected chi connectivity index (χ0v) is 15.2. The molecule has 7 nitrogen and oxygen atoms in total. The number of hydrogen-bond donors (Lipinski definition) is 1. The summed E-state index contributed by atoms with van der Waals surface area (Å²) < 4.78 is 18.0. The lowest BCUT2D eigenvalue weighted by Crippen LogP contribution is -2.39. The Balaban J connectivity index is 1.95. The van der Waals surface area contributed by atoms with Crippen molar-refractivity contribution in [1.29, 1.82) is 10.5 Å². The number of hydrogen-bond acceptors (Lipinski definition) is 7. The van der Waals surface area contributed by atoms with Gasteiger partial charge in [-0.05, 0) is 25.1 Å². The topological polar surface area (TPSA) is 114 Å². The lowest BCUT2D eigenvalue weighted by Gasteiger charge is -2.26. The highest BCUT2D eigenvalue weighted by Gasteiger charge is 2.94. The second kappa shape index (κ2) is 4.95. The van der Waals surface area contributed by atoms with Crippen LogP contribution in [0.25, 0.3) is 0 Å². The minimum absolute atomic E-state index is 0.0673. The van der Waals surface area contributed by atoms with Gasteiger partial charge in [0, 0.05) is 16.0 Å². The zero-order valence-electron chi connectivity index (χ0n) is 13.6. The molecule has 0 amide bonds. The highest BCUT2D eigenvalue weighted by Crippen LogP contribution is 2.83. The van der Waals surface area contributed by atoms with Crippen LogP contribution in [-0.4, -0.2) is 31.6 Å². The number of amidine groups is 1. The molecule has 1 saturated heterocycles. The molecule has 0 unspecified atom stereocenters. The van der Waals surface area contributed by atoms with Gasteiger partial charge in [-0.1, -0.05) is 15.9 Å². The van der Waals surface area contributed by atoms with E-state index in [0.717, 1.165) is 4.47 Å². The molecule has 1 aromatic carbocycles. The molecule has 1 aliphatic carbocycles. The van der Waals surface area contributed by atoms with Gasteiger partial charge in [-0.2, -0.15) is 10.5 Å². The maximum atomic E-state index is 10.1. The third kappa shape index (κ3) is 1.63. The van der Waals surface area contributed by atoms with Crippen LogP contribution in [0.5, 0.6) is 5.75 Å². The minimum atomic E-state index is -1.56. The molecule has 0 radical (unpaired) electrons. The highest BCUT2D eigenvalue weighted by atomic mass is 79.9. The van der Waals surface area contributed by atoms with Gasteiger partial charge in [-0.15, -0.1) is 0 Å². The molecule has 2 aliphatic heterocycles. The van der Waals surface area contributed by atoms with Gasteiger partial charge < -0.3 is 19.9 Å². The molecule has 4 rings (SSSR count). The molecular weight excluding hydrogens is 388 g/mol. The molecule has 0 aromatic heterocycles. The average Bonchev–Trinajstić information content (AvgIpc) is 2.98. The van der Waals surface area contributed by atoms with Crippen molar-refractivity contribution in [3.8, 4) is 17.9 Å². The van der Waals surface area contributed by atoms with Crippen LogP contribution >= 0.6 is 15.9 Å². The van der Waals surface area contributed by atoms with Crippen LogP contribution in [0.4, 0.5) is 0 Å². The molecule has 8 heteroatoms. The maximum absolute atomic E-state index is 10.1. The Labute approximate surface area is 153 Å². The minimum Gasteiger partial charge on any atom is -0.496 e. The lowest BCUT2D eigenvalue weighted by molar-refractivity contribution is -0.193. The van der Waals surface area contributed by atoms with Crippen molar-refractivity contribution >= 4 is 21.8 Å². The molecule has 1 spiro atoms. The molecule has 2 heterocycles. The lowest BCUT2D eigenvalue weighted by atomic mass is 9.93. The Kier molecular flexibility index (Phi) is 3.24. The Hall–Kier alpha value is -2.13. The SMILES string of the molecule is COc1ccc(Br)cc1[C@H]1[C@@]2(C#N)[C@]3(N=C(N)[C@@]12C#N)OC[C@H](C)O3. The maximum Gasteiger partial charge on any atom is 0.293 e. The average molecular weight is 403 g/mol. The predicted molar refractivity (Wildman–Crippen MR) is 90.4 cm³/mol. The van der Waals surface area contributed by atoms with E-state index in [1.165, 1.54) is 0 Å². The monoisotopic (exact) mass is 402 g/mol. The fourth-order valence-electron chi connectivity index (χ4n) is 4.26. The second-order valence-corrected chi connectivity index (χ2v) is 7.39.